The Morgan fingerprint density at radius 2 is 2.00 bits per heavy atom. The molecule has 21 heavy (non-hydrogen) atoms. The molecule has 1 fully saturated rings. The van der Waals surface area contributed by atoms with Crippen LogP contribution in [0.15, 0.2) is 36.5 Å². The maximum atomic E-state index is 9.80. The second-order valence-electron chi connectivity index (χ2n) is 5.49. The highest BCUT2D eigenvalue weighted by Gasteiger charge is 2.11. The van der Waals surface area contributed by atoms with Gasteiger partial charge in [0.15, 0.2) is 0 Å². The van der Waals surface area contributed by atoms with Crippen molar-refractivity contribution < 1.29 is 15.1 Å². The summed E-state index contributed by atoms with van der Waals surface area (Å²) in [6, 6.07) is 8.24. The molecule has 116 valence electrons. The summed E-state index contributed by atoms with van der Waals surface area (Å²) in [6.07, 6.45) is 9.17. The van der Waals surface area contributed by atoms with Crippen LogP contribution in [-0.4, -0.2) is 21.3 Å². The van der Waals surface area contributed by atoms with E-state index in [0.717, 1.165) is 12.5 Å². The molecule has 0 heterocycles. The Kier molecular flexibility index (Phi) is 7.54. The van der Waals surface area contributed by atoms with Crippen LogP contribution in [0.2, 0.25) is 0 Å². The van der Waals surface area contributed by atoms with Crippen LogP contribution in [0.4, 0.5) is 0 Å². The Labute approximate surface area is 126 Å². The molecule has 2 N–H and O–H groups in total. The van der Waals surface area contributed by atoms with Crippen molar-refractivity contribution >= 4 is 5.97 Å². The summed E-state index contributed by atoms with van der Waals surface area (Å²) in [5, 5.41) is 18.5. The van der Waals surface area contributed by atoms with Crippen LogP contribution in [0.5, 0.6) is 0 Å². The largest absolute Gasteiger partial charge is 0.481 e. The smallest absolute Gasteiger partial charge is 0.300 e. The lowest BCUT2D eigenvalue weighted by Gasteiger charge is -2.13. The summed E-state index contributed by atoms with van der Waals surface area (Å²) >= 11 is 0. The van der Waals surface area contributed by atoms with Crippen molar-refractivity contribution in [2.24, 2.45) is 5.92 Å². The number of carboxylic acid groups (broad SMARTS) is 1. The number of nitrogens with zero attached hydrogens (tertiary/aromatic N) is 1. The minimum absolute atomic E-state index is 0.560. The Bertz CT molecular complexity index is 461. The van der Waals surface area contributed by atoms with E-state index in [-0.39, 0.29) is 0 Å². The van der Waals surface area contributed by atoms with Crippen molar-refractivity contribution in [3.8, 4) is 0 Å². The summed E-state index contributed by atoms with van der Waals surface area (Å²) in [7, 11) is 0. The van der Waals surface area contributed by atoms with Crippen LogP contribution in [0, 0.1) is 12.8 Å². The van der Waals surface area contributed by atoms with Crippen molar-refractivity contribution in [1.29, 1.82) is 0 Å². The van der Waals surface area contributed by atoms with E-state index in [9.17, 15) is 5.21 Å². The fourth-order valence-electron chi connectivity index (χ4n) is 2.42. The molecule has 1 saturated carbocycles. The van der Waals surface area contributed by atoms with E-state index in [4.69, 9.17) is 9.90 Å². The molecule has 0 aromatic heterocycles. The van der Waals surface area contributed by atoms with Crippen LogP contribution < -0.4 is 0 Å². The lowest BCUT2D eigenvalue weighted by molar-refractivity contribution is -0.134. The zero-order valence-corrected chi connectivity index (χ0v) is 12.8. The highest BCUT2D eigenvalue weighted by atomic mass is 16.5. The van der Waals surface area contributed by atoms with Gasteiger partial charge in [-0.2, -0.15) is 0 Å². The van der Waals surface area contributed by atoms with Gasteiger partial charge >= 0.3 is 0 Å². The van der Waals surface area contributed by atoms with Gasteiger partial charge in [0.25, 0.3) is 5.97 Å². The van der Waals surface area contributed by atoms with Gasteiger partial charge in [0.05, 0.1) is 6.54 Å². The van der Waals surface area contributed by atoms with E-state index in [1.54, 1.807) is 0 Å². The summed E-state index contributed by atoms with van der Waals surface area (Å²) in [5.74, 6) is -0.165. The lowest BCUT2D eigenvalue weighted by atomic mass is 10.1. The number of aliphatic carboxylic acids is 1. The van der Waals surface area contributed by atoms with Crippen LogP contribution in [0.1, 0.15) is 43.7 Å². The third-order valence-corrected chi connectivity index (χ3v) is 3.36. The maximum Gasteiger partial charge on any atom is 0.300 e. The van der Waals surface area contributed by atoms with Gasteiger partial charge < -0.3 is 5.11 Å². The number of hydrogen-bond donors (Lipinski definition) is 2. The van der Waals surface area contributed by atoms with Crippen molar-refractivity contribution in [2.45, 2.75) is 46.1 Å². The van der Waals surface area contributed by atoms with Gasteiger partial charge in [0.2, 0.25) is 0 Å². The summed E-state index contributed by atoms with van der Waals surface area (Å²) in [4.78, 5) is 9.00. The first-order valence-corrected chi connectivity index (χ1v) is 7.36. The molecular weight excluding hydrogens is 266 g/mol. The molecule has 0 atom stereocenters. The second-order valence-corrected chi connectivity index (χ2v) is 5.49. The fraction of sp³-hybridized carbons (Fsp3) is 0.471. The molecular formula is C17H25NO3. The molecule has 0 spiro atoms. The van der Waals surface area contributed by atoms with Crippen molar-refractivity contribution in [2.75, 3.05) is 0 Å². The van der Waals surface area contributed by atoms with Crippen LogP contribution >= 0.6 is 0 Å². The number of carbonyl (C=O) groups is 1. The third-order valence-electron chi connectivity index (χ3n) is 3.36. The molecule has 0 unspecified atom stereocenters. The van der Waals surface area contributed by atoms with Crippen LogP contribution in [0.25, 0.3) is 0 Å². The molecule has 0 amide bonds. The molecule has 0 saturated heterocycles. The first kappa shape index (κ1) is 17.2. The predicted octanol–water partition coefficient (Wildman–Crippen LogP) is 3.98. The number of rotatable bonds is 4. The van der Waals surface area contributed by atoms with E-state index in [2.05, 4.69) is 25.1 Å². The third kappa shape index (κ3) is 8.15. The van der Waals surface area contributed by atoms with Crippen LogP contribution in [-0.2, 0) is 11.3 Å². The number of carboxylic acids is 1. The van der Waals surface area contributed by atoms with Crippen molar-refractivity contribution in [3.05, 3.63) is 47.7 Å². The zero-order chi connectivity index (χ0) is 15.7. The fourth-order valence-corrected chi connectivity index (χ4v) is 2.42. The molecule has 0 radical (unpaired) electrons. The van der Waals surface area contributed by atoms with E-state index in [1.165, 1.54) is 36.3 Å². The quantitative estimate of drug-likeness (QED) is 0.824. The Hall–Kier alpha value is -1.81. The maximum absolute atomic E-state index is 9.80. The average Bonchev–Trinajstić information content (AvgIpc) is 2.89. The first-order valence-electron chi connectivity index (χ1n) is 7.36. The molecule has 1 aliphatic rings. The van der Waals surface area contributed by atoms with E-state index < -0.39 is 5.97 Å². The SMILES string of the molecule is CC(=O)O.Cc1cccc(CN(O)/C=C/C2CCCC2)c1. The number of aryl methyl sites for hydroxylation is 1. The zero-order valence-electron chi connectivity index (χ0n) is 12.8. The Balaban J connectivity index is 0.000000491. The highest BCUT2D eigenvalue weighted by Crippen LogP contribution is 2.25. The van der Waals surface area contributed by atoms with Gasteiger partial charge in [-0.15, -0.1) is 0 Å². The Morgan fingerprint density at radius 1 is 1.38 bits per heavy atom. The first-order chi connectivity index (χ1) is 9.97. The lowest BCUT2D eigenvalue weighted by Crippen LogP contribution is -2.11. The number of benzene rings is 1. The van der Waals surface area contributed by atoms with Gasteiger partial charge in [-0.05, 0) is 31.2 Å². The van der Waals surface area contributed by atoms with Gasteiger partial charge in [-0.3, -0.25) is 15.1 Å². The predicted molar refractivity (Wildman–Crippen MR) is 82.9 cm³/mol. The summed E-state index contributed by atoms with van der Waals surface area (Å²) < 4.78 is 0. The minimum Gasteiger partial charge on any atom is -0.481 e. The van der Waals surface area contributed by atoms with E-state index in [1.807, 2.05) is 18.3 Å². The minimum atomic E-state index is -0.833. The van der Waals surface area contributed by atoms with Gasteiger partial charge in [-0.1, -0.05) is 48.7 Å². The molecule has 0 aliphatic heterocycles. The van der Waals surface area contributed by atoms with E-state index >= 15 is 0 Å². The summed E-state index contributed by atoms with van der Waals surface area (Å²) in [6.45, 7) is 3.71. The number of hydroxylamine groups is 2. The molecule has 0 bridgehead atoms. The molecule has 2 rings (SSSR count). The van der Waals surface area contributed by atoms with Gasteiger partial charge in [-0.25, -0.2) is 0 Å². The molecule has 1 aromatic carbocycles. The standard InChI is InChI=1S/C15H21NO.C2H4O2/c1-13-5-4-8-15(11-13)12-16(17)10-9-14-6-2-3-7-14;1-2(3)4/h4-5,8-11,14,17H,2-3,6-7,12H2,1H3;1H3,(H,3,4)/b10-9+;. The highest BCUT2D eigenvalue weighted by molar-refractivity contribution is 5.62. The van der Waals surface area contributed by atoms with Gasteiger partial charge in [0.1, 0.15) is 0 Å². The molecule has 1 aromatic rings. The van der Waals surface area contributed by atoms with Gasteiger partial charge in [0, 0.05) is 13.1 Å². The monoisotopic (exact) mass is 291 g/mol. The Morgan fingerprint density at radius 3 is 2.57 bits per heavy atom. The normalized spacial score (nSPS) is 14.8. The number of allylic oxidation sites excluding steroid dienone is 1. The molecule has 1 aliphatic carbocycles. The second kappa shape index (κ2) is 9.19. The average molecular weight is 291 g/mol. The molecule has 4 heteroatoms. The summed E-state index contributed by atoms with van der Waals surface area (Å²) in [5.41, 5.74) is 2.37. The van der Waals surface area contributed by atoms with E-state index in [0.29, 0.717) is 12.5 Å². The van der Waals surface area contributed by atoms with Crippen molar-refractivity contribution in [1.82, 2.24) is 5.06 Å². The number of hydrogen-bond acceptors (Lipinski definition) is 3. The van der Waals surface area contributed by atoms with Crippen molar-refractivity contribution in [3.63, 3.8) is 0 Å². The van der Waals surface area contributed by atoms with Crippen LogP contribution in [0.3, 0.4) is 0 Å². The topological polar surface area (TPSA) is 60.8 Å². The molecule has 4 nitrogen and oxygen atoms in total.